The molecule has 2 N–H and O–H groups in total. The molecule has 0 fully saturated rings. The summed E-state index contributed by atoms with van der Waals surface area (Å²) in [5.74, 6) is -0.0329. The zero-order chi connectivity index (χ0) is 12.3. The van der Waals surface area contributed by atoms with Gasteiger partial charge in [0.05, 0.1) is 6.04 Å². The van der Waals surface area contributed by atoms with E-state index in [1.807, 2.05) is 32.9 Å². The van der Waals surface area contributed by atoms with E-state index >= 15 is 0 Å². The van der Waals surface area contributed by atoms with Crippen molar-refractivity contribution in [2.45, 2.75) is 33.2 Å². The first-order valence-electron chi connectivity index (χ1n) is 5.57. The zero-order valence-corrected chi connectivity index (χ0v) is 10.4. The van der Waals surface area contributed by atoms with Crippen molar-refractivity contribution in [3.05, 3.63) is 29.3 Å². The zero-order valence-electron chi connectivity index (χ0n) is 10.4. The number of nitrogens with two attached hydrogens (primary N) is 1. The molecular weight excluding hydrogens is 200 g/mol. The highest BCUT2D eigenvalue weighted by Crippen LogP contribution is 2.20. The highest BCUT2D eigenvalue weighted by atomic mass is 16.2. The number of nitrogens with zero attached hydrogens (tertiary/aromatic N) is 1. The van der Waals surface area contributed by atoms with E-state index < -0.39 is 6.04 Å². The number of aryl methyl sites for hydroxylation is 2. The number of hydrogen-bond acceptors (Lipinski definition) is 2. The summed E-state index contributed by atoms with van der Waals surface area (Å²) in [7, 11) is 1.77. The fraction of sp³-hybridized carbons (Fsp3) is 0.462. The molecule has 0 aromatic heterocycles. The number of carbonyl (C=O) groups is 1. The summed E-state index contributed by atoms with van der Waals surface area (Å²) in [6.07, 6.45) is 0.661. The molecule has 1 amide bonds. The van der Waals surface area contributed by atoms with E-state index in [1.54, 1.807) is 11.9 Å². The van der Waals surface area contributed by atoms with Gasteiger partial charge in [0.25, 0.3) is 0 Å². The van der Waals surface area contributed by atoms with Gasteiger partial charge in [0, 0.05) is 12.7 Å². The summed E-state index contributed by atoms with van der Waals surface area (Å²) in [6.45, 7) is 5.96. The summed E-state index contributed by atoms with van der Waals surface area (Å²) >= 11 is 0. The lowest BCUT2D eigenvalue weighted by Crippen LogP contribution is -2.41. The third-order valence-corrected chi connectivity index (χ3v) is 2.80. The second kappa shape index (κ2) is 5.12. The predicted octanol–water partition coefficient (Wildman–Crippen LogP) is 2.00. The van der Waals surface area contributed by atoms with Crippen LogP contribution in [-0.2, 0) is 4.79 Å². The Hall–Kier alpha value is -1.35. The molecule has 0 aliphatic heterocycles. The van der Waals surface area contributed by atoms with Crippen molar-refractivity contribution >= 4 is 11.6 Å². The van der Waals surface area contributed by atoms with Crippen LogP contribution in [0, 0.1) is 13.8 Å². The van der Waals surface area contributed by atoms with Crippen LogP contribution < -0.4 is 10.6 Å². The number of amides is 1. The highest BCUT2D eigenvalue weighted by molar-refractivity contribution is 5.97. The van der Waals surface area contributed by atoms with Gasteiger partial charge < -0.3 is 10.6 Å². The highest BCUT2D eigenvalue weighted by Gasteiger charge is 2.18. The van der Waals surface area contributed by atoms with Gasteiger partial charge in [0.2, 0.25) is 5.91 Å². The Bertz CT molecular complexity index is 388. The van der Waals surface area contributed by atoms with Crippen molar-refractivity contribution < 1.29 is 4.79 Å². The third-order valence-electron chi connectivity index (χ3n) is 2.80. The number of hydrogen-bond donors (Lipinski definition) is 1. The van der Waals surface area contributed by atoms with E-state index in [1.165, 1.54) is 5.56 Å². The van der Waals surface area contributed by atoms with Gasteiger partial charge in [-0.05, 0) is 31.9 Å². The molecule has 16 heavy (non-hydrogen) atoms. The first kappa shape index (κ1) is 12.7. The van der Waals surface area contributed by atoms with Crippen LogP contribution in [-0.4, -0.2) is 19.0 Å². The van der Waals surface area contributed by atoms with E-state index in [4.69, 9.17) is 5.73 Å². The minimum Gasteiger partial charge on any atom is -0.320 e. The van der Waals surface area contributed by atoms with E-state index in [0.29, 0.717) is 6.42 Å². The molecular formula is C13H20N2O. The number of likely N-dealkylation sites (N-methyl/N-ethyl adjacent to an activating group) is 1. The van der Waals surface area contributed by atoms with E-state index in [2.05, 4.69) is 6.07 Å². The Labute approximate surface area is 97.2 Å². The minimum absolute atomic E-state index is 0.0329. The summed E-state index contributed by atoms with van der Waals surface area (Å²) in [5.41, 5.74) is 8.97. The topological polar surface area (TPSA) is 46.3 Å². The summed E-state index contributed by atoms with van der Waals surface area (Å²) in [4.78, 5) is 13.6. The molecule has 0 unspecified atom stereocenters. The number of carbonyl (C=O) groups excluding carboxylic acids is 1. The van der Waals surface area contributed by atoms with Gasteiger partial charge in [0.15, 0.2) is 0 Å². The van der Waals surface area contributed by atoms with Crippen LogP contribution in [0.2, 0.25) is 0 Å². The summed E-state index contributed by atoms with van der Waals surface area (Å²) in [6, 6.07) is 5.62. The second-order valence-corrected chi connectivity index (χ2v) is 4.20. The summed E-state index contributed by atoms with van der Waals surface area (Å²) in [5, 5.41) is 0. The predicted molar refractivity (Wildman–Crippen MR) is 67.6 cm³/mol. The van der Waals surface area contributed by atoms with E-state index in [-0.39, 0.29) is 5.91 Å². The van der Waals surface area contributed by atoms with Gasteiger partial charge in [-0.25, -0.2) is 0 Å². The second-order valence-electron chi connectivity index (χ2n) is 4.20. The molecule has 0 bridgehead atoms. The Morgan fingerprint density at radius 3 is 2.56 bits per heavy atom. The molecule has 0 aliphatic rings. The molecule has 0 spiro atoms. The Morgan fingerprint density at radius 1 is 1.44 bits per heavy atom. The van der Waals surface area contributed by atoms with Crippen LogP contribution in [0.3, 0.4) is 0 Å². The van der Waals surface area contributed by atoms with Gasteiger partial charge in [-0.2, -0.15) is 0 Å². The molecule has 3 nitrogen and oxygen atoms in total. The van der Waals surface area contributed by atoms with Crippen molar-refractivity contribution in [1.82, 2.24) is 0 Å². The van der Waals surface area contributed by atoms with E-state index in [0.717, 1.165) is 11.3 Å². The Morgan fingerprint density at radius 2 is 2.06 bits per heavy atom. The molecule has 0 heterocycles. The maximum Gasteiger partial charge on any atom is 0.243 e. The van der Waals surface area contributed by atoms with Crippen molar-refractivity contribution in [2.75, 3.05) is 11.9 Å². The maximum absolute atomic E-state index is 11.9. The smallest absolute Gasteiger partial charge is 0.243 e. The third kappa shape index (κ3) is 2.61. The lowest BCUT2D eigenvalue weighted by Gasteiger charge is -2.22. The molecule has 88 valence electrons. The average Bonchev–Trinajstić information content (AvgIpc) is 2.26. The monoisotopic (exact) mass is 220 g/mol. The number of rotatable bonds is 3. The lowest BCUT2D eigenvalue weighted by molar-refractivity contribution is -0.119. The van der Waals surface area contributed by atoms with Crippen molar-refractivity contribution in [2.24, 2.45) is 5.73 Å². The Balaban J connectivity index is 2.96. The molecule has 1 atom stereocenters. The van der Waals surface area contributed by atoms with Gasteiger partial charge in [-0.1, -0.05) is 24.6 Å². The first-order valence-corrected chi connectivity index (χ1v) is 5.57. The fourth-order valence-electron chi connectivity index (χ4n) is 1.72. The normalized spacial score (nSPS) is 12.3. The number of anilines is 1. The maximum atomic E-state index is 11.9. The minimum atomic E-state index is -0.411. The molecule has 1 rings (SSSR count). The molecule has 1 aromatic carbocycles. The molecule has 0 saturated heterocycles. The van der Waals surface area contributed by atoms with Crippen molar-refractivity contribution in [1.29, 1.82) is 0 Å². The largest absolute Gasteiger partial charge is 0.320 e. The quantitative estimate of drug-likeness (QED) is 0.847. The Kier molecular flexibility index (Phi) is 4.07. The van der Waals surface area contributed by atoms with Crippen LogP contribution >= 0.6 is 0 Å². The lowest BCUT2D eigenvalue weighted by atomic mass is 10.1. The SMILES string of the molecule is CC[C@H](N)C(=O)N(C)c1ccc(C)cc1C. The van der Waals surface area contributed by atoms with Crippen LogP contribution in [0.25, 0.3) is 0 Å². The molecule has 0 radical (unpaired) electrons. The van der Waals surface area contributed by atoms with Crippen LogP contribution in [0.1, 0.15) is 24.5 Å². The van der Waals surface area contributed by atoms with Gasteiger partial charge >= 0.3 is 0 Å². The van der Waals surface area contributed by atoms with Crippen LogP contribution in [0.4, 0.5) is 5.69 Å². The van der Waals surface area contributed by atoms with Crippen molar-refractivity contribution in [3.8, 4) is 0 Å². The summed E-state index contributed by atoms with van der Waals surface area (Å²) < 4.78 is 0. The number of benzene rings is 1. The molecule has 0 aliphatic carbocycles. The average molecular weight is 220 g/mol. The van der Waals surface area contributed by atoms with Crippen LogP contribution in [0.5, 0.6) is 0 Å². The molecule has 0 saturated carbocycles. The van der Waals surface area contributed by atoms with Crippen LogP contribution in [0.15, 0.2) is 18.2 Å². The standard InChI is InChI=1S/C13H20N2O/c1-5-11(14)13(16)15(4)12-7-6-9(2)8-10(12)3/h6-8,11H,5,14H2,1-4H3/t11-/m0/s1. The van der Waals surface area contributed by atoms with Gasteiger partial charge in [-0.3, -0.25) is 4.79 Å². The van der Waals surface area contributed by atoms with E-state index in [9.17, 15) is 4.79 Å². The molecule has 3 heteroatoms. The van der Waals surface area contributed by atoms with Gasteiger partial charge in [-0.15, -0.1) is 0 Å². The first-order chi connectivity index (χ1) is 7.47. The van der Waals surface area contributed by atoms with Crippen molar-refractivity contribution in [3.63, 3.8) is 0 Å². The molecule has 1 aromatic rings. The van der Waals surface area contributed by atoms with Gasteiger partial charge in [0.1, 0.15) is 0 Å². The fourth-order valence-corrected chi connectivity index (χ4v) is 1.72.